The third-order valence-electron chi connectivity index (χ3n) is 4.52. The summed E-state index contributed by atoms with van der Waals surface area (Å²) >= 11 is 0. The molecule has 0 spiro atoms. The van der Waals surface area contributed by atoms with Gasteiger partial charge in [0.25, 0.3) is 11.8 Å². The van der Waals surface area contributed by atoms with Crippen molar-refractivity contribution in [2.24, 2.45) is 0 Å². The number of aryl methyl sites for hydroxylation is 1. The van der Waals surface area contributed by atoms with Gasteiger partial charge in [0, 0.05) is 12.7 Å². The number of fused-ring (bicyclic) bond motifs is 1. The number of hydrogen-bond donors (Lipinski definition) is 1. The Balaban J connectivity index is 1.63. The fourth-order valence-electron chi connectivity index (χ4n) is 3.04. The van der Waals surface area contributed by atoms with Gasteiger partial charge < -0.3 is 15.0 Å². The van der Waals surface area contributed by atoms with Crippen molar-refractivity contribution in [3.8, 4) is 11.4 Å². The van der Waals surface area contributed by atoms with Gasteiger partial charge >= 0.3 is 0 Å². The lowest BCUT2D eigenvalue weighted by Gasteiger charge is -2.27. The van der Waals surface area contributed by atoms with E-state index in [1.807, 2.05) is 0 Å². The van der Waals surface area contributed by atoms with Gasteiger partial charge in [-0.05, 0) is 37.3 Å². The average Bonchev–Trinajstić information content (AvgIpc) is 3.07. The maximum Gasteiger partial charge on any atom is 0.276 e. The van der Waals surface area contributed by atoms with Crippen molar-refractivity contribution in [1.29, 1.82) is 0 Å². The molecule has 2 amide bonds. The third-order valence-corrected chi connectivity index (χ3v) is 4.52. The molecule has 0 aliphatic carbocycles. The number of hydrogen-bond acceptors (Lipinski definition) is 4. The van der Waals surface area contributed by atoms with E-state index in [1.54, 1.807) is 56.4 Å². The van der Waals surface area contributed by atoms with Crippen LogP contribution in [0.15, 0.2) is 48.5 Å². The lowest BCUT2D eigenvalue weighted by atomic mass is 10.2. The molecule has 1 N–H and O–H groups in total. The Morgan fingerprint density at radius 3 is 2.71 bits per heavy atom. The van der Waals surface area contributed by atoms with E-state index >= 15 is 0 Å². The summed E-state index contributed by atoms with van der Waals surface area (Å²) in [5, 5.41) is 6.99. The van der Waals surface area contributed by atoms with Crippen LogP contribution in [0.5, 0.6) is 5.75 Å². The Kier molecular flexibility index (Phi) is 4.31. The molecule has 0 atom stereocenters. The Morgan fingerprint density at radius 1 is 1.18 bits per heavy atom. The number of para-hydroxylation sites is 2. The highest BCUT2D eigenvalue weighted by Crippen LogP contribution is 2.38. The molecule has 2 aromatic carbocycles. The highest BCUT2D eigenvalue weighted by Gasteiger charge is 2.25. The zero-order valence-electron chi connectivity index (χ0n) is 15.3. The van der Waals surface area contributed by atoms with E-state index in [0.29, 0.717) is 22.8 Å². The van der Waals surface area contributed by atoms with Crippen molar-refractivity contribution < 1.29 is 18.7 Å². The van der Waals surface area contributed by atoms with E-state index in [1.165, 1.54) is 15.6 Å². The molecule has 0 saturated heterocycles. The minimum absolute atomic E-state index is 0.0998. The lowest BCUT2D eigenvalue weighted by Crippen LogP contribution is -2.35. The molecule has 0 radical (unpaired) electrons. The number of amides is 2. The predicted octanol–water partition coefficient (Wildman–Crippen LogP) is 2.93. The van der Waals surface area contributed by atoms with Crippen LogP contribution in [-0.4, -0.2) is 35.2 Å². The smallest absolute Gasteiger partial charge is 0.276 e. The second-order valence-electron chi connectivity index (χ2n) is 6.38. The van der Waals surface area contributed by atoms with Crippen molar-refractivity contribution in [3.05, 3.63) is 65.7 Å². The number of aromatic nitrogens is 2. The van der Waals surface area contributed by atoms with Crippen LogP contribution >= 0.6 is 0 Å². The number of benzene rings is 2. The Hall–Kier alpha value is -3.68. The summed E-state index contributed by atoms with van der Waals surface area (Å²) in [4.78, 5) is 26.0. The van der Waals surface area contributed by atoms with Crippen molar-refractivity contribution >= 4 is 23.2 Å². The van der Waals surface area contributed by atoms with Crippen molar-refractivity contribution in [3.63, 3.8) is 0 Å². The van der Waals surface area contributed by atoms with Gasteiger partial charge in [-0.15, -0.1) is 0 Å². The first-order chi connectivity index (χ1) is 13.5. The largest absolute Gasteiger partial charge is 0.479 e. The monoisotopic (exact) mass is 380 g/mol. The molecule has 1 aliphatic rings. The molecule has 1 aromatic heterocycles. The normalized spacial score (nSPS) is 13.1. The van der Waals surface area contributed by atoms with Crippen LogP contribution in [0, 0.1) is 12.7 Å². The molecular weight excluding hydrogens is 363 g/mol. The minimum Gasteiger partial charge on any atom is -0.479 e. The molecule has 4 rings (SSSR count). The van der Waals surface area contributed by atoms with E-state index in [-0.39, 0.29) is 23.9 Å². The van der Waals surface area contributed by atoms with E-state index in [9.17, 15) is 14.0 Å². The molecule has 0 unspecified atom stereocenters. The van der Waals surface area contributed by atoms with Crippen LogP contribution in [0.2, 0.25) is 0 Å². The number of likely N-dealkylation sites (N-methyl/N-ethyl adjacent to an activating group) is 1. The molecule has 142 valence electrons. The van der Waals surface area contributed by atoms with E-state index in [0.717, 1.165) is 0 Å². The van der Waals surface area contributed by atoms with E-state index in [2.05, 4.69) is 10.4 Å². The highest BCUT2D eigenvalue weighted by atomic mass is 19.1. The molecule has 0 saturated carbocycles. The standard InChI is InChI=1S/C20H17FN4O3/c1-12-10-15(23-25(12)16-8-4-3-6-13(16)21)20(27)22-14-7-5-9-17-19(14)28-11-18(26)24(17)2/h3-10H,11H2,1-2H3,(H,22,27). The Labute approximate surface area is 160 Å². The van der Waals surface area contributed by atoms with Gasteiger partial charge in [0.2, 0.25) is 0 Å². The van der Waals surface area contributed by atoms with Crippen molar-refractivity contribution in [1.82, 2.24) is 9.78 Å². The first-order valence-electron chi connectivity index (χ1n) is 8.61. The van der Waals surface area contributed by atoms with Gasteiger partial charge in [-0.2, -0.15) is 5.10 Å². The average molecular weight is 380 g/mol. The van der Waals surface area contributed by atoms with Gasteiger partial charge in [0.05, 0.1) is 11.4 Å². The van der Waals surface area contributed by atoms with Crippen LogP contribution in [0.1, 0.15) is 16.2 Å². The molecule has 28 heavy (non-hydrogen) atoms. The quantitative estimate of drug-likeness (QED) is 0.758. The van der Waals surface area contributed by atoms with E-state index < -0.39 is 11.7 Å². The second kappa shape index (κ2) is 6.80. The number of halogens is 1. The van der Waals surface area contributed by atoms with Gasteiger partial charge in [0.15, 0.2) is 18.1 Å². The Morgan fingerprint density at radius 2 is 1.93 bits per heavy atom. The first kappa shape index (κ1) is 17.7. The molecule has 3 aromatic rings. The van der Waals surface area contributed by atoms with E-state index in [4.69, 9.17) is 4.74 Å². The van der Waals surface area contributed by atoms with Crippen LogP contribution in [0.4, 0.5) is 15.8 Å². The summed E-state index contributed by atoms with van der Waals surface area (Å²) in [6, 6.07) is 12.9. The molecule has 7 nitrogen and oxygen atoms in total. The number of carbonyl (C=O) groups excluding carboxylic acids is 2. The predicted molar refractivity (Wildman–Crippen MR) is 102 cm³/mol. The number of rotatable bonds is 3. The molecular formula is C20H17FN4O3. The molecule has 0 fully saturated rings. The second-order valence-corrected chi connectivity index (χ2v) is 6.38. The van der Waals surface area contributed by atoms with Crippen LogP contribution in [0.3, 0.4) is 0 Å². The van der Waals surface area contributed by atoms with Gasteiger partial charge in [-0.25, -0.2) is 9.07 Å². The first-order valence-corrected chi connectivity index (χ1v) is 8.61. The number of anilines is 2. The van der Waals surface area contributed by atoms with Gasteiger partial charge in [0.1, 0.15) is 11.5 Å². The van der Waals surface area contributed by atoms with Crippen molar-refractivity contribution in [2.75, 3.05) is 23.9 Å². The number of nitrogens with zero attached hydrogens (tertiary/aromatic N) is 3. The lowest BCUT2D eigenvalue weighted by molar-refractivity contribution is -0.120. The summed E-state index contributed by atoms with van der Waals surface area (Å²) in [7, 11) is 1.65. The highest BCUT2D eigenvalue weighted by molar-refractivity contribution is 6.06. The number of carbonyl (C=O) groups is 2. The maximum absolute atomic E-state index is 14.1. The third kappa shape index (κ3) is 2.98. The zero-order chi connectivity index (χ0) is 19.8. The Bertz CT molecular complexity index is 1090. The fourth-order valence-corrected chi connectivity index (χ4v) is 3.04. The van der Waals surface area contributed by atoms with Crippen molar-refractivity contribution in [2.45, 2.75) is 6.92 Å². The fraction of sp³-hybridized carbons (Fsp3) is 0.150. The van der Waals surface area contributed by atoms with Crippen LogP contribution in [0.25, 0.3) is 5.69 Å². The molecule has 2 heterocycles. The zero-order valence-corrected chi connectivity index (χ0v) is 15.3. The summed E-state index contributed by atoms with van der Waals surface area (Å²) in [5.74, 6) is -0.646. The summed E-state index contributed by atoms with van der Waals surface area (Å²) in [6.45, 7) is 1.64. The maximum atomic E-state index is 14.1. The van der Waals surface area contributed by atoms with Crippen LogP contribution in [-0.2, 0) is 4.79 Å². The van der Waals surface area contributed by atoms with Gasteiger partial charge in [-0.3, -0.25) is 9.59 Å². The molecule has 0 bridgehead atoms. The summed E-state index contributed by atoms with van der Waals surface area (Å²) in [5.41, 5.74) is 2.02. The topological polar surface area (TPSA) is 76.5 Å². The summed E-state index contributed by atoms with van der Waals surface area (Å²) < 4.78 is 20.9. The summed E-state index contributed by atoms with van der Waals surface area (Å²) in [6.07, 6.45) is 0. The number of ether oxygens (including phenoxy) is 1. The molecule has 1 aliphatic heterocycles. The minimum atomic E-state index is -0.463. The SMILES string of the molecule is Cc1cc(C(=O)Nc2cccc3c2OCC(=O)N3C)nn1-c1ccccc1F. The van der Waals surface area contributed by atoms with Crippen LogP contribution < -0.4 is 15.0 Å². The molecule has 8 heteroatoms. The number of nitrogens with one attached hydrogen (secondary N) is 1. The van der Waals surface area contributed by atoms with Gasteiger partial charge in [-0.1, -0.05) is 18.2 Å².